The lowest BCUT2D eigenvalue weighted by molar-refractivity contribution is 0.399. The van der Waals surface area contributed by atoms with Crippen molar-refractivity contribution in [3.05, 3.63) is 50.6 Å². The molecule has 1 unspecified atom stereocenters. The van der Waals surface area contributed by atoms with Crippen molar-refractivity contribution in [3.63, 3.8) is 0 Å². The van der Waals surface area contributed by atoms with Crippen molar-refractivity contribution in [2.45, 2.75) is 12.5 Å². The van der Waals surface area contributed by atoms with Crippen molar-refractivity contribution in [1.29, 1.82) is 0 Å². The average Bonchev–Trinajstić information content (AvgIpc) is 2.81. The van der Waals surface area contributed by atoms with Gasteiger partial charge in [0.05, 0.1) is 16.9 Å². The largest absolute Gasteiger partial charge is 0.496 e. The lowest BCUT2D eigenvalue weighted by atomic mass is 10.0. The summed E-state index contributed by atoms with van der Waals surface area (Å²) in [5.74, 6) is 6.53. The molecule has 3 nitrogen and oxygen atoms in total. The first-order valence-electron chi connectivity index (χ1n) is 5.58. The smallest absolute Gasteiger partial charge is 0.123 e. The quantitative estimate of drug-likeness (QED) is 0.654. The standard InChI is InChI=1S/C13H15BrN2OS/c1-17-12-5-3-2-4-10(12)11(16-15)8-9-6-7-13(14)18-9/h2-7,11,16H,8,15H2,1H3. The van der Waals surface area contributed by atoms with Crippen LogP contribution in [0.3, 0.4) is 0 Å². The molecule has 96 valence electrons. The van der Waals surface area contributed by atoms with Crippen molar-refractivity contribution < 1.29 is 4.74 Å². The molecule has 0 amide bonds. The highest BCUT2D eigenvalue weighted by molar-refractivity contribution is 9.11. The van der Waals surface area contributed by atoms with Gasteiger partial charge in [0.1, 0.15) is 5.75 Å². The molecule has 0 radical (unpaired) electrons. The third kappa shape index (κ3) is 3.11. The number of hydrogen-bond acceptors (Lipinski definition) is 4. The molecule has 2 aromatic rings. The number of nitrogens with two attached hydrogens (primary N) is 1. The zero-order chi connectivity index (χ0) is 13.0. The lowest BCUT2D eigenvalue weighted by Crippen LogP contribution is -2.29. The molecule has 1 aromatic heterocycles. The number of methoxy groups -OCH3 is 1. The summed E-state index contributed by atoms with van der Waals surface area (Å²) < 4.78 is 6.50. The summed E-state index contributed by atoms with van der Waals surface area (Å²) in [6, 6.07) is 12.1. The van der Waals surface area contributed by atoms with Crippen LogP contribution in [0.15, 0.2) is 40.2 Å². The molecule has 0 fully saturated rings. The van der Waals surface area contributed by atoms with E-state index >= 15 is 0 Å². The lowest BCUT2D eigenvalue weighted by Gasteiger charge is -2.18. The predicted octanol–water partition coefficient (Wildman–Crippen LogP) is 3.27. The molecule has 0 aliphatic rings. The summed E-state index contributed by atoms with van der Waals surface area (Å²) in [6.07, 6.45) is 0.840. The molecule has 0 saturated carbocycles. The Bertz CT molecular complexity index is 515. The van der Waals surface area contributed by atoms with Crippen LogP contribution in [-0.4, -0.2) is 7.11 Å². The van der Waals surface area contributed by atoms with Crippen molar-refractivity contribution in [2.24, 2.45) is 5.84 Å². The summed E-state index contributed by atoms with van der Waals surface area (Å²) in [6.45, 7) is 0. The molecular formula is C13H15BrN2OS. The molecule has 1 atom stereocenters. The number of benzene rings is 1. The van der Waals surface area contributed by atoms with Gasteiger partial charge >= 0.3 is 0 Å². The van der Waals surface area contributed by atoms with Gasteiger partial charge in [0, 0.05) is 16.9 Å². The Morgan fingerprint density at radius 3 is 2.72 bits per heavy atom. The maximum Gasteiger partial charge on any atom is 0.123 e. The van der Waals surface area contributed by atoms with Crippen molar-refractivity contribution in [1.82, 2.24) is 5.43 Å². The molecule has 1 heterocycles. The average molecular weight is 327 g/mol. The maximum absolute atomic E-state index is 5.67. The second-order valence-corrected chi connectivity index (χ2v) is 6.42. The summed E-state index contributed by atoms with van der Waals surface area (Å²) in [5.41, 5.74) is 3.94. The fourth-order valence-electron chi connectivity index (χ4n) is 1.88. The molecule has 2 rings (SSSR count). The fraction of sp³-hybridized carbons (Fsp3) is 0.231. The van der Waals surface area contributed by atoms with Crippen molar-refractivity contribution in [3.8, 4) is 5.75 Å². The fourth-order valence-corrected chi connectivity index (χ4v) is 3.40. The minimum atomic E-state index is 0.0479. The number of ether oxygens (including phenoxy) is 1. The molecule has 3 N–H and O–H groups in total. The molecule has 0 bridgehead atoms. The summed E-state index contributed by atoms with van der Waals surface area (Å²) in [4.78, 5) is 1.27. The topological polar surface area (TPSA) is 47.3 Å². The van der Waals surface area contributed by atoms with Gasteiger partial charge in [-0.05, 0) is 34.1 Å². The highest BCUT2D eigenvalue weighted by Gasteiger charge is 2.15. The molecule has 0 aliphatic carbocycles. The van der Waals surface area contributed by atoms with E-state index in [1.54, 1.807) is 18.4 Å². The number of thiophene rings is 1. The Morgan fingerprint density at radius 2 is 2.11 bits per heavy atom. The van der Waals surface area contributed by atoms with Crippen LogP contribution in [0.4, 0.5) is 0 Å². The van der Waals surface area contributed by atoms with Gasteiger partial charge in [-0.1, -0.05) is 18.2 Å². The van der Waals surface area contributed by atoms with Gasteiger partial charge in [-0.15, -0.1) is 11.3 Å². The molecule has 18 heavy (non-hydrogen) atoms. The molecular weight excluding hydrogens is 312 g/mol. The second-order valence-electron chi connectivity index (χ2n) is 3.87. The number of rotatable bonds is 5. The zero-order valence-electron chi connectivity index (χ0n) is 10.0. The number of para-hydroxylation sites is 1. The highest BCUT2D eigenvalue weighted by Crippen LogP contribution is 2.30. The summed E-state index contributed by atoms with van der Waals surface area (Å²) in [5, 5.41) is 0. The predicted molar refractivity (Wildman–Crippen MR) is 78.8 cm³/mol. The Kier molecular flexibility index (Phi) is 4.77. The van der Waals surface area contributed by atoms with Gasteiger partial charge in [0.2, 0.25) is 0 Å². The van der Waals surface area contributed by atoms with E-state index in [1.165, 1.54) is 4.88 Å². The number of hydrogen-bond donors (Lipinski definition) is 2. The Balaban J connectivity index is 2.22. The first kappa shape index (κ1) is 13.5. The van der Waals surface area contributed by atoms with Gasteiger partial charge in [0.15, 0.2) is 0 Å². The van der Waals surface area contributed by atoms with E-state index in [0.717, 1.165) is 21.5 Å². The molecule has 1 aromatic carbocycles. The normalized spacial score (nSPS) is 12.4. The Morgan fingerprint density at radius 1 is 1.33 bits per heavy atom. The number of hydrazine groups is 1. The van der Waals surface area contributed by atoms with Crippen molar-refractivity contribution >= 4 is 27.3 Å². The van der Waals surface area contributed by atoms with Crippen LogP contribution in [0.1, 0.15) is 16.5 Å². The summed E-state index contributed by atoms with van der Waals surface area (Å²) in [7, 11) is 1.67. The van der Waals surface area contributed by atoms with E-state index < -0.39 is 0 Å². The van der Waals surface area contributed by atoms with E-state index in [4.69, 9.17) is 10.6 Å². The van der Waals surface area contributed by atoms with Crippen LogP contribution >= 0.6 is 27.3 Å². The van der Waals surface area contributed by atoms with Crippen LogP contribution in [0.2, 0.25) is 0 Å². The minimum Gasteiger partial charge on any atom is -0.496 e. The van der Waals surface area contributed by atoms with Crippen LogP contribution < -0.4 is 16.0 Å². The third-order valence-corrected chi connectivity index (χ3v) is 4.40. The highest BCUT2D eigenvalue weighted by atomic mass is 79.9. The van der Waals surface area contributed by atoms with Gasteiger partial charge in [0.25, 0.3) is 0 Å². The van der Waals surface area contributed by atoms with Gasteiger partial charge in [-0.25, -0.2) is 0 Å². The summed E-state index contributed by atoms with van der Waals surface area (Å²) >= 11 is 5.19. The van der Waals surface area contributed by atoms with E-state index in [2.05, 4.69) is 33.5 Å². The number of halogens is 1. The zero-order valence-corrected chi connectivity index (χ0v) is 12.4. The Hall–Kier alpha value is -0.880. The van der Waals surface area contributed by atoms with Crippen LogP contribution in [0.25, 0.3) is 0 Å². The Labute approximate surface area is 119 Å². The number of nitrogens with one attached hydrogen (secondary N) is 1. The van der Waals surface area contributed by atoms with E-state index in [-0.39, 0.29) is 6.04 Å². The minimum absolute atomic E-state index is 0.0479. The second kappa shape index (κ2) is 6.33. The van der Waals surface area contributed by atoms with Crippen molar-refractivity contribution in [2.75, 3.05) is 7.11 Å². The van der Waals surface area contributed by atoms with E-state index in [1.807, 2.05) is 24.3 Å². The van der Waals surface area contributed by atoms with Gasteiger partial charge in [-0.2, -0.15) is 0 Å². The monoisotopic (exact) mass is 326 g/mol. The van der Waals surface area contributed by atoms with Gasteiger partial charge in [-0.3, -0.25) is 11.3 Å². The molecule has 0 saturated heterocycles. The van der Waals surface area contributed by atoms with E-state index in [9.17, 15) is 0 Å². The molecule has 0 aliphatic heterocycles. The first-order chi connectivity index (χ1) is 8.74. The maximum atomic E-state index is 5.67. The van der Waals surface area contributed by atoms with Gasteiger partial charge < -0.3 is 4.74 Å². The molecule has 5 heteroatoms. The van der Waals surface area contributed by atoms with Crippen LogP contribution in [0.5, 0.6) is 5.75 Å². The molecule has 0 spiro atoms. The van der Waals surface area contributed by atoms with Crippen LogP contribution in [0, 0.1) is 0 Å². The SMILES string of the molecule is COc1ccccc1C(Cc1ccc(Br)s1)NN. The third-order valence-electron chi connectivity index (χ3n) is 2.75. The van der Waals surface area contributed by atoms with E-state index in [0.29, 0.717) is 0 Å². The van der Waals surface area contributed by atoms with Crippen LogP contribution in [-0.2, 0) is 6.42 Å². The first-order valence-corrected chi connectivity index (χ1v) is 7.18.